The van der Waals surface area contributed by atoms with Crippen LogP contribution in [0.1, 0.15) is 24.0 Å². The van der Waals surface area contributed by atoms with Gasteiger partial charge < -0.3 is 10.6 Å². The van der Waals surface area contributed by atoms with Crippen LogP contribution in [0.2, 0.25) is 0 Å². The molecule has 0 spiro atoms. The monoisotopic (exact) mass is 274 g/mol. The number of alkyl halides is 3. The van der Waals surface area contributed by atoms with Gasteiger partial charge in [-0.1, -0.05) is 6.07 Å². The summed E-state index contributed by atoms with van der Waals surface area (Å²) < 4.78 is 37.7. The number of hydrogen-bond donors (Lipinski definition) is 2. The molecule has 0 saturated carbocycles. The van der Waals surface area contributed by atoms with E-state index in [0.29, 0.717) is 18.5 Å². The number of benzene rings is 1. The first-order chi connectivity index (χ1) is 8.84. The lowest BCUT2D eigenvalue weighted by atomic mass is 10.1. The molecule has 0 atom stereocenters. The highest BCUT2D eigenvalue weighted by Crippen LogP contribution is 2.32. The van der Waals surface area contributed by atoms with Crippen LogP contribution in [-0.4, -0.2) is 19.5 Å². The number of hydrogen-bond acceptors (Lipinski definition) is 2. The summed E-state index contributed by atoms with van der Waals surface area (Å²) in [6.45, 7) is 2.35. The minimum atomic E-state index is -4.40. The number of amides is 1. The minimum absolute atomic E-state index is 0.212. The molecule has 3 nitrogen and oxygen atoms in total. The fraction of sp³-hybridized carbons (Fsp3) is 0.462. The van der Waals surface area contributed by atoms with Crippen molar-refractivity contribution in [2.24, 2.45) is 0 Å². The van der Waals surface area contributed by atoms with Crippen LogP contribution >= 0.6 is 0 Å². The molecule has 0 aromatic heterocycles. The molecule has 1 rings (SSSR count). The van der Waals surface area contributed by atoms with E-state index in [1.165, 1.54) is 6.07 Å². The molecule has 0 aliphatic rings. The summed E-state index contributed by atoms with van der Waals surface area (Å²) in [6.07, 6.45) is -3.49. The molecule has 1 aromatic rings. The zero-order valence-corrected chi connectivity index (χ0v) is 10.9. The number of rotatable bonds is 5. The highest BCUT2D eigenvalue weighted by molar-refractivity contribution is 5.91. The third kappa shape index (κ3) is 4.90. The van der Waals surface area contributed by atoms with Crippen LogP contribution in [-0.2, 0) is 11.0 Å². The second-order valence-corrected chi connectivity index (χ2v) is 4.28. The van der Waals surface area contributed by atoms with Gasteiger partial charge in [-0.3, -0.25) is 4.79 Å². The van der Waals surface area contributed by atoms with E-state index in [0.717, 1.165) is 12.1 Å². The van der Waals surface area contributed by atoms with E-state index in [1.54, 1.807) is 14.0 Å². The summed E-state index contributed by atoms with van der Waals surface area (Å²) in [6, 6.07) is 3.32. The molecule has 0 unspecified atom stereocenters. The SMILES string of the molecule is CNCCCC(=O)Nc1cc(C(F)(F)F)ccc1C. The molecule has 0 saturated heterocycles. The van der Waals surface area contributed by atoms with Crippen molar-refractivity contribution in [1.82, 2.24) is 5.32 Å². The van der Waals surface area contributed by atoms with Gasteiger partial charge in [-0.05, 0) is 44.6 Å². The molecule has 19 heavy (non-hydrogen) atoms. The summed E-state index contributed by atoms with van der Waals surface area (Å²) in [7, 11) is 1.77. The van der Waals surface area contributed by atoms with Gasteiger partial charge in [-0.25, -0.2) is 0 Å². The van der Waals surface area contributed by atoms with Gasteiger partial charge in [0.1, 0.15) is 0 Å². The Morgan fingerprint density at radius 3 is 2.58 bits per heavy atom. The van der Waals surface area contributed by atoms with Gasteiger partial charge >= 0.3 is 6.18 Å². The fourth-order valence-electron chi connectivity index (χ4n) is 1.57. The van der Waals surface area contributed by atoms with Crippen LogP contribution in [0.15, 0.2) is 18.2 Å². The summed E-state index contributed by atoms with van der Waals surface area (Å²) in [4.78, 5) is 11.6. The van der Waals surface area contributed by atoms with Crippen LogP contribution in [0.25, 0.3) is 0 Å². The van der Waals surface area contributed by atoms with Crippen LogP contribution < -0.4 is 10.6 Å². The molecule has 0 fully saturated rings. The van der Waals surface area contributed by atoms with E-state index in [9.17, 15) is 18.0 Å². The molecule has 1 amide bonds. The number of carbonyl (C=O) groups excluding carboxylic acids is 1. The summed E-state index contributed by atoms with van der Waals surface area (Å²) in [5.74, 6) is -0.280. The fourth-order valence-corrected chi connectivity index (χ4v) is 1.57. The summed E-state index contributed by atoms with van der Waals surface area (Å²) in [5.41, 5.74) is 0.0582. The van der Waals surface area contributed by atoms with E-state index in [2.05, 4.69) is 10.6 Å². The maximum absolute atomic E-state index is 12.6. The van der Waals surface area contributed by atoms with Gasteiger partial charge in [-0.2, -0.15) is 13.2 Å². The number of carbonyl (C=O) groups is 1. The molecule has 0 aliphatic carbocycles. The van der Waals surface area contributed by atoms with E-state index < -0.39 is 11.7 Å². The second-order valence-electron chi connectivity index (χ2n) is 4.28. The van der Waals surface area contributed by atoms with E-state index in [1.807, 2.05) is 0 Å². The van der Waals surface area contributed by atoms with Gasteiger partial charge in [0.15, 0.2) is 0 Å². The van der Waals surface area contributed by atoms with Gasteiger partial charge in [0, 0.05) is 12.1 Å². The Morgan fingerprint density at radius 2 is 2.00 bits per heavy atom. The molecular formula is C13H17F3N2O. The van der Waals surface area contributed by atoms with E-state index in [4.69, 9.17) is 0 Å². The Balaban J connectivity index is 2.74. The normalized spacial score (nSPS) is 11.4. The molecule has 1 aromatic carbocycles. The summed E-state index contributed by atoms with van der Waals surface area (Å²) in [5, 5.41) is 5.41. The lowest BCUT2D eigenvalue weighted by Gasteiger charge is -2.12. The molecular weight excluding hydrogens is 257 g/mol. The lowest BCUT2D eigenvalue weighted by Crippen LogP contribution is -2.16. The van der Waals surface area contributed by atoms with Crippen molar-refractivity contribution in [2.75, 3.05) is 18.9 Å². The molecule has 0 bridgehead atoms. The number of halogens is 3. The Labute approximate surface area is 110 Å². The number of aryl methyl sites for hydroxylation is 1. The van der Waals surface area contributed by atoms with Crippen molar-refractivity contribution < 1.29 is 18.0 Å². The topological polar surface area (TPSA) is 41.1 Å². The van der Waals surface area contributed by atoms with Crippen LogP contribution in [0.3, 0.4) is 0 Å². The zero-order chi connectivity index (χ0) is 14.5. The van der Waals surface area contributed by atoms with Crippen LogP contribution in [0.4, 0.5) is 18.9 Å². The standard InChI is InChI=1S/C13H17F3N2O/c1-9-5-6-10(13(14,15)16)8-11(9)18-12(19)4-3-7-17-2/h5-6,8,17H,3-4,7H2,1-2H3,(H,18,19). The molecule has 0 aliphatic heterocycles. The lowest BCUT2D eigenvalue weighted by molar-refractivity contribution is -0.137. The average molecular weight is 274 g/mol. The molecule has 6 heteroatoms. The zero-order valence-electron chi connectivity index (χ0n) is 10.9. The van der Waals surface area contributed by atoms with E-state index >= 15 is 0 Å². The smallest absolute Gasteiger partial charge is 0.326 e. The van der Waals surface area contributed by atoms with Crippen molar-refractivity contribution in [1.29, 1.82) is 0 Å². The van der Waals surface area contributed by atoms with Crippen molar-refractivity contribution >= 4 is 11.6 Å². The van der Waals surface area contributed by atoms with Crippen molar-refractivity contribution in [3.63, 3.8) is 0 Å². The summed E-state index contributed by atoms with van der Waals surface area (Å²) >= 11 is 0. The molecule has 2 N–H and O–H groups in total. The molecule has 106 valence electrons. The van der Waals surface area contributed by atoms with E-state index in [-0.39, 0.29) is 18.0 Å². The van der Waals surface area contributed by atoms with Crippen LogP contribution in [0.5, 0.6) is 0 Å². The first-order valence-electron chi connectivity index (χ1n) is 5.97. The molecule has 0 heterocycles. The maximum atomic E-state index is 12.6. The van der Waals surface area contributed by atoms with Gasteiger partial charge in [0.05, 0.1) is 5.56 Å². The third-order valence-corrected chi connectivity index (χ3v) is 2.67. The Hall–Kier alpha value is -1.56. The first kappa shape index (κ1) is 15.5. The third-order valence-electron chi connectivity index (χ3n) is 2.67. The Bertz CT molecular complexity index is 444. The van der Waals surface area contributed by atoms with Crippen molar-refractivity contribution in [3.8, 4) is 0 Å². The first-order valence-corrected chi connectivity index (χ1v) is 5.97. The predicted molar refractivity (Wildman–Crippen MR) is 68.0 cm³/mol. The number of nitrogens with one attached hydrogen (secondary N) is 2. The minimum Gasteiger partial charge on any atom is -0.326 e. The van der Waals surface area contributed by atoms with Crippen molar-refractivity contribution in [3.05, 3.63) is 29.3 Å². The highest BCUT2D eigenvalue weighted by atomic mass is 19.4. The number of anilines is 1. The van der Waals surface area contributed by atoms with Crippen LogP contribution in [0, 0.1) is 6.92 Å². The molecule has 0 radical (unpaired) electrons. The second kappa shape index (κ2) is 6.56. The van der Waals surface area contributed by atoms with Gasteiger partial charge in [0.2, 0.25) is 5.91 Å². The predicted octanol–water partition coefficient (Wildman–Crippen LogP) is 2.95. The van der Waals surface area contributed by atoms with Gasteiger partial charge in [0.25, 0.3) is 0 Å². The average Bonchev–Trinajstić information content (AvgIpc) is 2.31. The largest absolute Gasteiger partial charge is 0.416 e. The Morgan fingerprint density at radius 1 is 1.32 bits per heavy atom. The highest BCUT2D eigenvalue weighted by Gasteiger charge is 2.30. The quantitative estimate of drug-likeness (QED) is 0.810. The van der Waals surface area contributed by atoms with Gasteiger partial charge in [-0.15, -0.1) is 0 Å². The maximum Gasteiger partial charge on any atom is 0.416 e. The van der Waals surface area contributed by atoms with Crippen molar-refractivity contribution in [2.45, 2.75) is 25.9 Å². The Kier molecular flexibility index (Phi) is 5.35.